The summed E-state index contributed by atoms with van der Waals surface area (Å²) >= 11 is 0. The molecule has 0 bridgehead atoms. The summed E-state index contributed by atoms with van der Waals surface area (Å²) in [5.41, 5.74) is 6.79. The van der Waals surface area contributed by atoms with E-state index in [1.165, 1.54) is 22.8 Å². The van der Waals surface area contributed by atoms with Gasteiger partial charge in [-0.2, -0.15) is 0 Å². The zero-order valence-corrected chi connectivity index (χ0v) is 20.3. The van der Waals surface area contributed by atoms with E-state index >= 15 is 4.39 Å². The van der Waals surface area contributed by atoms with Gasteiger partial charge in [-0.15, -0.1) is 0 Å². The van der Waals surface area contributed by atoms with Gasteiger partial charge in [0.25, 0.3) is 0 Å². The van der Waals surface area contributed by atoms with E-state index in [2.05, 4.69) is 56.3 Å². The van der Waals surface area contributed by atoms with Gasteiger partial charge in [-0.1, -0.05) is 74.5 Å². The Kier molecular flexibility index (Phi) is 5.12. The van der Waals surface area contributed by atoms with Crippen LogP contribution >= 0.6 is 0 Å². The number of hydrogen-bond acceptors (Lipinski definition) is 1. The minimum absolute atomic E-state index is 0.117. The number of fused-ring (bicyclic) bond motifs is 3. The smallest absolute Gasteiger partial charge is 0.147 e. The van der Waals surface area contributed by atoms with Gasteiger partial charge >= 0.3 is 0 Å². The molecule has 0 aromatic heterocycles. The first-order valence-electron chi connectivity index (χ1n) is 11.7. The quantitative estimate of drug-likeness (QED) is 0.299. The molecule has 3 heteroatoms. The summed E-state index contributed by atoms with van der Waals surface area (Å²) in [6, 6.07) is 26.6. The Morgan fingerprint density at radius 2 is 1.26 bits per heavy atom. The molecule has 1 nitrogen and oxygen atoms in total. The van der Waals surface area contributed by atoms with Gasteiger partial charge in [0, 0.05) is 11.0 Å². The van der Waals surface area contributed by atoms with E-state index in [1.54, 1.807) is 35.2 Å². The van der Waals surface area contributed by atoms with E-state index in [1.807, 2.05) is 26.8 Å². The number of nitrogens with zero attached hydrogens (tertiary/aromatic N) is 1. The van der Waals surface area contributed by atoms with E-state index in [0.29, 0.717) is 11.4 Å². The summed E-state index contributed by atoms with van der Waals surface area (Å²) in [7, 11) is 0. The second-order valence-corrected chi connectivity index (χ2v) is 10.5. The van der Waals surface area contributed by atoms with Crippen molar-refractivity contribution in [2.75, 3.05) is 4.90 Å². The zero-order valence-electron chi connectivity index (χ0n) is 20.3. The molecule has 0 amide bonds. The molecule has 0 saturated heterocycles. The fraction of sp³-hybridized carbons (Fsp3) is 0.226. The number of anilines is 2. The van der Waals surface area contributed by atoms with Gasteiger partial charge < -0.3 is 4.90 Å². The Balaban J connectivity index is 1.67. The zero-order chi connectivity index (χ0) is 24.3. The lowest BCUT2D eigenvalue weighted by atomic mass is 9.82. The minimum Gasteiger partial charge on any atom is -0.331 e. The van der Waals surface area contributed by atoms with Crippen LogP contribution in [-0.4, -0.2) is 5.54 Å². The fourth-order valence-electron chi connectivity index (χ4n) is 5.34. The van der Waals surface area contributed by atoms with Crippen molar-refractivity contribution in [3.63, 3.8) is 0 Å². The third kappa shape index (κ3) is 3.42. The molecule has 34 heavy (non-hydrogen) atoms. The summed E-state index contributed by atoms with van der Waals surface area (Å²) in [4.78, 5) is 1.73. The summed E-state index contributed by atoms with van der Waals surface area (Å²) in [6.07, 6.45) is 0. The van der Waals surface area contributed by atoms with Crippen molar-refractivity contribution in [3.8, 4) is 22.3 Å². The van der Waals surface area contributed by atoms with Crippen LogP contribution in [0, 0.1) is 11.6 Å². The van der Waals surface area contributed by atoms with Gasteiger partial charge in [0.05, 0.1) is 11.4 Å². The van der Waals surface area contributed by atoms with Gasteiger partial charge in [-0.3, -0.25) is 0 Å². The minimum atomic E-state index is -0.526. The second-order valence-electron chi connectivity index (χ2n) is 10.5. The Labute approximate surface area is 200 Å². The van der Waals surface area contributed by atoms with E-state index < -0.39 is 5.54 Å². The Morgan fingerprint density at radius 3 is 1.97 bits per heavy atom. The van der Waals surface area contributed by atoms with Crippen LogP contribution in [0.15, 0.2) is 84.9 Å². The van der Waals surface area contributed by atoms with Gasteiger partial charge in [0.2, 0.25) is 0 Å². The van der Waals surface area contributed by atoms with Crippen molar-refractivity contribution < 1.29 is 8.78 Å². The molecule has 4 aromatic rings. The summed E-state index contributed by atoms with van der Waals surface area (Å²) in [6.45, 7) is 10.3. The summed E-state index contributed by atoms with van der Waals surface area (Å²) < 4.78 is 30.5. The molecule has 0 saturated carbocycles. The molecule has 5 rings (SSSR count). The van der Waals surface area contributed by atoms with Crippen molar-refractivity contribution in [3.05, 3.63) is 108 Å². The number of rotatable bonds is 3. The topological polar surface area (TPSA) is 3.24 Å². The first-order chi connectivity index (χ1) is 16.1. The van der Waals surface area contributed by atoms with E-state index in [4.69, 9.17) is 0 Å². The van der Waals surface area contributed by atoms with Crippen LogP contribution in [0.1, 0.15) is 45.7 Å². The molecule has 0 unspecified atom stereocenters. The van der Waals surface area contributed by atoms with Crippen LogP contribution in [0.2, 0.25) is 0 Å². The van der Waals surface area contributed by atoms with Gasteiger partial charge in [-0.25, -0.2) is 8.78 Å². The van der Waals surface area contributed by atoms with E-state index in [0.717, 1.165) is 16.7 Å². The lowest BCUT2D eigenvalue weighted by Gasteiger charge is -2.38. The van der Waals surface area contributed by atoms with Crippen LogP contribution < -0.4 is 4.90 Å². The average molecular weight is 454 g/mol. The molecule has 0 spiro atoms. The maximum atomic E-state index is 15.8. The van der Waals surface area contributed by atoms with Gasteiger partial charge in [-0.05, 0) is 78.4 Å². The molecule has 0 radical (unpaired) electrons. The first kappa shape index (κ1) is 22.3. The largest absolute Gasteiger partial charge is 0.331 e. The number of hydrogen-bond donors (Lipinski definition) is 0. The van der Waals surface area contributed by atoms with Crippen LogP contribution in [-0.2, 0) is 5.41 Å². The fourth-order valence-corrected chi connectivity index (χ4v) is 5.34. The van der Waals surface area contributed by atoms with Crippen LogP contribution in [0.5, 0.6) is 0 Å². The van der Waals surface area contributed by atoms with Crippen molar-refractivity contribution in [2.45, 2.75) is 45.6 Å². The Hall–Kier alpha value is -3.46. The van der Waals surface area contributed by atoms with Gasteiger partial charge in [0.1, 0.15) is 11.6 Å². The highest BCUT2D eigenvalue weighted by atomic mass is 19.1. The summed E-state index contributed by atoms with van der Waals surface area (Å²) in [5, 5.41) is 0. The van der Waals surface area contributed by atoms with Crippen molar-refractivity contribution in [1.82, 2.24) is 0 Å². The molecule has 1 aliphatic carbocycles. The monoisotopic (exact) mass is 453 g/mol. The highest BCUT2D eigenvalue weighted by Crippen LogP contribution is 2.52. The van der Waals surface area contributed by atoms with E-state index in [9.17, 15) is 4.39 Å². The molecule has 4 aromatic carbocycles. The maximum absolute atomic E-state index is 15.8. The second kappa shape index (κ2) is 7.80. The molecular formula is C31H29F2N. The lowest BCUT2D eigenvalue weighted by Crippen LogP contribution is -2.38. The molecule has 0 heterocycles. The first-order valence-corrected chi connectivity index (χ1v) is 11.7. The molecular weight excluding hydrogens is 424 g/mol. The van der Waals surface area contributed by atoms with Gasteiger partial charge in [0.15, 0.2) is 0 Å². The molecule has 0 atom stereocenters. The summed E-state index contributed by atoms with van der Waals surface area (Å²) in [5.74, 6) is -0.751. The van der Waals surface area contributed by atoms with E-state index in [-0.39, 0.29) is 17.0 Å². The predicted octanol–water partition coefficient (Wildman–Crippen LogP) is 8.87. The lowest BCUT2D eigenvalue weighted by molar-refractivity contribution is 0.527. The van der Waals surface area contributed by atoms with Crippen LogP contribution in [0.3, 0.4) is 0 Å². The van der Waals surface area contributed by atoms with Crippen molar-refractivity contribution in [1.29, 1.82) is 0 Å². The molecule has 172 valence electrons. The molecule has 1 aliphatic rings. The Bertz CT molecular complexity index is 1390. The number of halogens is 2. The molecule has 0 N–H and O–H groups in total. The highest BCUT2D eigenvalue weighted by Gasteiger charge is 2.36. The van der Waals surface area contributed by atoms with Crippen LogP contribution in [0.25, 0.3) is 22.3 Å². The molecule has 0 aliphatic heterocycles. The van der Waals surface area contributed by atoms with Crippen LogP contribution in [0.4, 0.5) is 20.2 Å². The predicted molar refractivity (Wildman–Crippen MR) is 138 cm³/mol. The number of benzene rings is 4. The SMILES string of the molecule is CC1(C)c2ccccc2-c2c(-c3ccc(N(c4ccccc4F)C(C)(C)C)c(F)c3)cccc21. The van der Waals surface area contributed by atoms with Crippen molar-refractivity contribution >= 4 is 11.4 Å². The number of para-hydroxylation sites is 1. The Morgan fingerprint density at radius 1 is 0.647 bits per heavy atom. The highest BCUT2D eigenvalue weighted by molar-refractivity contribution is 5.92. The normalized spacial score (nSPS) is 14.0. The molecule has 0 fully saturated rings. The third-order valence-corrected chi connectivity index (χ3v) is 6.87. The maximum Gasteiger partial charge on any atom is 0.147 e. The third-order valence-electron chi connectivity index (χ3n) is 6.87. The standard InChI is InChI=1S/C31H29F2N/c1-30(2,3)34(27-16-9-8-15-25(27)32)28-18-17-20(19-26(28)33)21-12-10-14-24-29(21)22-11-6-7-13-23(22)31(24,4)5/h6-19H,1-5H3. The van der Waals surface area contributed by atoms with Crippen molar-refractivity contribution in [2.24, 2.45) is 0 Å². The average Bonchev–Trinajstić information content (AvgIpc) is 3.03.